The summed E-state index contributed by atoms with van der Waals surface area (Å²) < 4.78 is 1.38. The number of allylic oxidation sites excluding steroid dienone is 1. The zero-order valence-electron chi connectivity index (χ0n) is 10.9. The summed E-state index contributed by atoms with van der Waals surface area (Å²) in [5, 5.41) is 20.8. The fourth-order valence-corrected chi connectivity index (χ4v) is 1.74. The molecule has 0 radical (unpaired) electrons. The molecule has 0 bridgehead atoms. The van der Waals surface area contributed by atoms with Crippen LogP contribution in [0.4, 0.5) is 4.79 Å². The average Bonchev–Trinajstić information content (AvgIpc) is 2.91. The van der Waals surface area contributed by atoms with Gasteiger partial charge in [0.25, 0.3) is 0 Å². The van der Waals surface area contributed by atoms with Gasteiger partial charge in [-0.2, -0.15) is 0 Å². The molecule has 0 saturated carbocycles. The van der Waals surface area contributed by atoms with Gasteiger partial charge in [0, 0.05) is 24.8 Å². The number of unbranched alkanes of at least 4 members (excludes halogenated alkanes) is 2. The van der Waals surface area contributed by atoms with Crippen LogP contribution >= 0.6 is 0 Å². The van der Waals surface area contributed by atoms with E-state index in [0.29, 0.717) is 13.0 Å². The van der Waals surface area contributed by atoms with Crippen LogP contribution < -0.4 is 5.32 Å². The largest absolute Gasteiger partial charge is 0.458 e. The molecule has 0 saturated heterocycles. The standard InChI is InChI=1S/C12H20BN3O3/c1-2-11(13(18)19)6-4-3-5-7-15-12(17)16-9-8-14-10-16/h2,8-11,18-19H,1,3-7H2,(H,15,17). The van der Waals surface area contributed by atoms with Crippen LogP contribution in [-0.4, -0.2) is 39.3 Å². The van der Waals surface area contributed by atoms with Crippen molar-refractivity contribution >= 4 is 13.1 Å². The van der Waals surface area contributed by atoms with Gasteiger partial charge in [0.1, 0.15) is 6.33 Å². The first-order valence-corrected chi connectivity index (χ1v) is 6.40. The van der Waals surface area contributed by atoms with Crippen LogP contribution in [0, 0.1) is 0 Å². The molecule has 7 heteroatoms. The number of amides is 1. The van der Waals surface area contributed by atoms with Gasteiger partial charge in [-0.1, -0.05) is 18.9 Å². The minimum absolute atomic E-state index is 0.188. The van der Waals surface area contributed by atoms with E-state index >= 15 is 0 Å². The van der Waals surface area contributed by atoms with Gasteiger partial charge in [0.15, 0.2) is 0 Å². The lowest BCUT2D eigenvalue weighted by Gasteiger charge is -2.10. The molecule has 1 aromatic heterocycles. The molecule has 19 heavy (non-hydrogen) atoms. The molecular weight excluding hydrogens is 245 g/mol. The molecule has 1 aromatic rings. The maximum atomic E-state index is 11.5. The van der Waals surface area contributed by atoms with Crippen molar-refractivity contribution in [2.24, 2.45) is 0 Å². The predicted octanol–water partition coefficient (Wildman–Crippen LogP) is 1.03. The number of hydrogen-bond acceptors (Lipinski definition) is 4. The topological polar surface area (TPSA) is 87.4 Å². The van der Waals surface area contributed by atoms with E-state index < -0.39 is 7.12 Å². The second-order valence-corrected chi connectivity index (χ2v) is 4.36. The van der Waals surface area contributed by atoms with Crippen LogP contribution in [-0.2, 0) is 0 Å². The first kappa shape index (κ1) is 15.5. The third-order valence-corrected chi connectivity index (χ3v) is 2.92. The third-order valence-electron chi connectivity index (χ3n) is 2.92. The highest BCUT2D eigenvalue weighted by molar-refractivity contribution is 6.43. The van der Waals surface area contributed by atoms with E-state index in [1.54, 1.807) is 18.5 Å². The zero-order chi connectivity index (χ0) is 14.1. The second-order valence-electron chi connectivity index (χ2n) is 4.36. The number of aromatic nitrogens is 2. The van der Waals surface area contributed by atoms with E-state index in [0.717, 1.165) is 19.3 Å². The maximum absolute atomic E-state index is 11.5. The minimum atomic E-state index is -1.33. The summed E-state index contributed by atoms with van der Waals surface area (Å²) in [5.41, 5.74) is 0. The second kappa shape index (κ2) is 8.50. The van der Waals surface area contributed by atoms with Crippen LogP contribution in [0.5, 0.6) is 0 Å². The highest BCUT2D eigenvalue weighted by Crippen LogP contribution is 2.17. The van der Waals surface area contributed by atoms with Crippen molar-refractivity contribution in [1.82, 2.24) is 14.9 Å². The van der Waals surface area contributed by atoms with Gasteiger partial charge in [0.2, 0.25) is 0 Å². The summed E-state index contributed by atoms with van der Waals surface area (Å²) >= 11 is 0. The molecule has 0 aromatic carbocycles. The molecule has 0 spiro atoms. The fraction of sp³-hybridized carbons (Fsp3) is 0.500. The molecule has 1 heterocycles. The van der Waals surface area contributed by atoms with Gasteiger partial charge in [-0.3, -0.25) is 4.57 Å². The van der Waals surface area contributed by atoms with E-state index in [2.05, 4.69) is 16.9 Å². The van der Waals surface area contributed by atoms with Crippen molar-refractivity contribution < 1.29 is 14.8 Å². The fourth-order valence-electron chi connectivity index (χ4n) is 1.74. The summed E-state index contributed by atoms with van der Waals surface area (Å²) in [6, 6.07) is -0.188. The van der Waals surface area contributed by atoms with Crippen LogP contribution in [0.3, 0.4) is 0 Å². The molecule has 6 nitrogen and oxygen atoms in total. The Morgan fingerprint density at radius 3 is 2.84 bits per heavy atom. The summed E-state index contributed by atoms with van der Waals surface area (Å²) in [7, 11) is -1.33. The number of nitrogens with one attached hydrogen (secondary N) is 1. The van der Waals surface area contributed by atoms with Crippen molar-refractivity contribution in [2.75, 3.05) is 6.54 Å². The van der Waals surface area contributed by atoms with Gasteiger partial charge in [-0.15, -0.1) is 6.58 Å². The van der Waals surface area contributed by atoms with E-state index in [4.69, 9.17) is 10.0 Å². The number of rotatable bonds is 8. The van der Waals surface area contributed by atoms with E-state index in [-0.39, 0.29) is 11.8 Å². The average molecular weight is 265 g/mol. The molecule has 0 aliphatic carbocycles. The number of carbonyl (C=O) groups is 1. The SMILES string of the molecule is C=CC(CCCCCNC(=O)n1ccnc1)B(O)O. The lowest BCUT2D eigenvalue weighted by Crippen LogP contribution is -2.28. The molecular formula is C12H20BN3O3. The number of imidazole rings is 1. The van der Waals surface area contributed by atoms with Gasteiger partial charge in [0.05, 0.1) is 0 Å². The van der Waals surface area contributed by atoms with Gasteiger partial charge in [-0.25, -0.2) is 9.78 Å². The minimum Gasteiger partial charge on any atom is -0.427 e. The number of hydrogen-bond donors (Lipinski definition) is 3. The summed E-state index contributed by atoms with van der Waals surface area (Å²) in [6.45, 7) is 4.16. The molecule has 104 valence electrons. The van der Waals surface area contributed by atoms with Crippen LogP contribution in [0.25, 0.3) is 0 Å². The molecule has 0 aliphatic heterocycles. The summed E-state index contributed by atoms with van der Waals surface area (Å²) in [6.07, 6.45) is 9.49. The van der Waals surface area contributed by atoms with E-state index in [9.17, 15) is 4.79 Å². The molecule has 1 amide bonds. The van der Waals surface area contributed by atoms with Crippen molar-refractivity contribution in [3.8, 4) is 0 Å². The molecule has 1 unspecified atom stereocenters. The van der Waals surface area contributed by atoms with Gasteiger partial charge in [-0.05, 0) is 12.8 Å². The predicted molar refractivity (Wildman–Crippen MR) is 73.6 cm³/mol. The lowest BCUT2D eigenvalue weighted by atomic mass is 9.70. The zero-order valence-corrected chi connectivity index (χ0v) is 10.9. The summed E-state index contributed by atoms with van der Waals surface area (Å²) in [5.74, 6) is -0.277. The van der Waals surface area contributed by atoms with Gasteiger partial charge < -0.3 is 15.4 Å². The molecule has 1 atom stereocenters. The van der Waals surface area contributed by atoms with Crippen LogP contribution in [0.15, 0.2) is 31.4 Å². The smallest absolute Gasteiger partial charge is 0.427 e. The molecule has 3 N–H and O–H groups in total. The monoisotopic (exact) mass is 265 g/mol. The Bertz CT molecular complexity index is 382. The summed E-state index contributed by atoms with van der Waals surface area (Å²) in [4.78, 5) is 15.3. The molecule has 1 rings (SSSR count). The van der Waals surface area contributed by atoms with Crippen molar-refractivity contribution in [3.63, 3.8) is 0 Å². The normalized spacial score (nSPS) is 11.9. The first-order chi connectivity index (χ1) is 9.15. The van der Waals surface area contributed by atoms with Crippen LogP contribution in [0.1, 0.15) is 25.7 Å². The van der Waals surface area contributed by atoms with E-state index in [1.165, 1.54) is 10.9 Å². The number of carbonyl (C=O) groups excluding carboxylic acids is 1. The van der Waals surface area contributed by atoms with Gasteiger partial charge >= 0.3 is 13.1 Å². The highest BCUT2D eigenvalue weighted by Gasteiger charge is 2.18. The lowest BCUT2D eigenvalue weighted by molar-refractivity contribution is 0.242. The Labute approximate surface area is 113 Å². The maximum Gasteiger partial charge on any atom is 0.458 e. The Morgan fingerprint density at radius 1 is 1.47 bits per heavy atom. The van der Waals surface area contributed by atoms with Crippen molar-refractivity contribution in [3.05, 3.63) is 31.4 Å². The first-order valence-electron chi connectivity index (χ1n) is 6.40. The molecule has 0 aliphatic rings. The Hall–Kier alpha value is -1.60. The van der Waals surface area contributed by atoms with E-state index in [1.807, 2.05) is 0 Å². The Morgan fingerprint density at radius 2 is 2.26 bits per heavy atom. The Balaban J connectivity index is 2.05. The van der Waals surface area contributed by atoms with Crippen molar-refractivity contribution in [2.45, 2.75) is 31.5 Å². The van der Waals surface area contributed by atoms with Crippen molar-refractivity contribution in [1.29, 1.82) is 0 Å². The number of nitrogens with zero attached hydrogens (tertiary/aromatic N) is 2. The Kier molecular flexibility index (Phi) is 6.91. The third kappa shape index (κ3) is 5.72. The quantitative estimate of drug-likeness (QED) is 0.372. The van der Waals surface area contributed by atoms with Crippen LogP contribution in [0.2, 0.25) is 5.82 Å². The molecule has 0 fully saturated rings. The highest BCUT2D eigenvalue weighted by atomic mass is 16.4.